The Morgan fingerprint density at radius 3 is 2.45 bits per heavy atom. The molecule has 3 heterocycles. The van der Waals surface area contributed by atoms with Crippen LogP contribution in [0.15, 0.2) is 0 Å². The second kappa shape index (κ2) is 4.49. The summed E-state index contributed by atoms with van der Waals surface area (Å²) in [4.78, 5) is 3.83. The normalized spacial score (nSPS) is 15.6. The molecule has 0 spiro atoms. The molecule has 0 bridgehead atoms. The van der Waals surface area contributed by atoms with E-state index in [0.29, 0.717) is 4.57 Å². The van der Waals surface area contributed by atoms with Gasteiger partial charge in [0.1, 0.15) is 0 Å². The van der Waals surface area contributed by atoms with Crippen molar-refractivity contribution in [1.82, 2.24) is 34.8 Å². The van der Waals surface area contributed by atoms with Gasteiger partial charge in [0.25, 0.3) is 0 Å². The van der Waals surface area contributed by atoms with Gasteiger partial charge in [-0.05, 0) is 10.4 Å². The monoisotopic (exact) mass is 293 g/mol. The predicted octanol–water partition coefficient (Wildman–Crippen LogP) is 1.03. The number of tetrazole rings is 1. The summed E-state index contributed by atoms with van der Waals surface area (Å²) >= 11 is 0. The van der Waals surface area contributed by atoms with Crippen LogP contribution in [0.25, 0.3) is 11.6 Å². The van der Waals surface area contributed by atoms with Gasteiger partial charge in [0.15, 0.2) is 5.82 Å². The molecule has 0 atom stereocenters. The number of halogens is 4. The summed E-state index contributed by atoms with van der Waals surface area (Å²) in [5.74, 6) is -1.01. The standard InChI is InChI=1S/C8H7F4N7O/c9-7(10)18-4-2-17(20)1-3(4)13-5(18)6-14-15-16-19(6)8(11)12/h7-8,20H,1-2H2. The van der Waals surface area contributed by atoms with Gasteiger partial charge < -0.3 is 5.21 Å². The predicted molar refractivity (Wildman–Crippen MR) is 52.6 cm³/mol. The highest BCUT2D eigenvalue weighted by atomic mass is 19.3. The molecule has 2 aromatic heterocycles. The van der Waals surface area contributed by atoms with Gasteiger partial charge >= 0.3 is 13.1 Å². The smallest absolute Gasteiger partial charge is 0.313 e. The van der Waals surface area contributed by atoms with Gasteiger partial charge in [-0.25, -0.2) is 4.98 Å². The van der Waals surface area contributed by atoms with Crippen molar-refractivity contribution in [2.45, 2.75) is 26.2 Å². The van der Waals surface area contributed by atoms with Gasteiger partial charge in [-0.1, -0.05) is 0 Å². The molecular formula is C8H7F4N7O. The van der Waals surface area contributed by atoms with Crippen molar-refractivity contribution in [1.29, 1.82) is 0 Å². The molecule has 3 rings (SSSR count). The van der Waals surface area contributed by atoms with Gasteiger partial charge in [-0.15, -0.1) is 5.10 Å². The van der Waals surface area contributed by atoms with Crippen LogP contribution in [0.3, 0.4) is 0 Å². The summed E-state index contributed by atoms with van der Waals surface area (Å²) in [6.45, 7) is -6.34. The lowest BCUT2D eigenvalue weighted by Crippen LogP contribution is -2.15. The first-order valence-electron chi connectivity index (χ1n) is 5.37. The minimum atomic E-state index is -3.08. The fourth-order valence-electron chi connectivity index (χ4n) is 2.05. The summed E-state index contributed by atoms with van der Waals surface area (Å²) in [6.07, 6.45) is 0. The van der Waals surface area contributed by atoms with E-state index in [1.807, 2.05) is 0 Å². The topological polar surface area (TPSA) is 84.9 Å². The third kappa shape index (κ3) is 1.84. The van der Waals surface area contributed by atoms with Gasteiger partial charge in [-0.2, -0.15) is 27.3 Å². The van der Waals surface area contributed by atoms with Crippen LogP contribution >= 0.6 is 0 Å². The lowest BCUT2D eigenvalue weighted by molar-refractivity contribution is -0.0995. The van der Waals surface area contributed by atoms with Crippen molar-refractivity contribution in [2.24, 2.45) is 0 Å². The second-order valence-electron chi connectivity index (χ2n) is 4.02. The maximum atomic E-state index is 13.1. The van der Waals surface area contributed by atoms with Crippen molar-refractivity contribution in [2.75, 3.05) is 0 Å². The average molecular weight is 293 g/mol. The van der Waals surface area contributed by atoms with E-state index in [9.17, 15) is 22.8 Å². The lowest BCUT2D eigenvalue weighted by Gasteiger charge is -2.11. The van der Waals surface area contributed by atoms with Crippen LogP contribution in [0.4, 0.5) is 17.6 Å². The molecular weight excluding hydrogens is 286 g/mol. The Morgan fingerprint density at radius 2 is 1.80 bits per heavy atom. The highest BCUT2D eigenvalue weighted by Crippen LogP contribution is 2.32. The average Bonchev–Trinajstić information content (AvgIpc) is 2.98. The van der Waals surface area contributed by atoms with Crippen LogP contribution < -0.4 is 0 Å². The molecule has 0 fully saturated rings. The quantitative estimate of drug-likeness (QED) is 0.851. The summed E-state index contributed by atoms with van der Waals surface area (Å²) < 4.78 is 52.2. The highest BCUT2D eigenvalue weighted by Gasteiger charge is 2.32. The van der Waals surface area contributed by atoms with Crippen LogP contribution in [-0.4, -0.2) is 40.0 Å². The SMILES string of the molecule is ON1Cc2nc(-c3nnnn3C(F)F)n(C(F)F)c2C1. The number of imidazole rings is 1. The minimum absolute atomic E-state index is 0.0429. The van der Waals surface area contributed by atoms with Crippen molar-refractivity contribution in [3.63, 3.8) is 0 Å². The fourth-order valence-corrected chi connectivity index (χ4v) is 2.05. The number of aromatic nitrogens is 6. The number of alkyl halides is 4. The molecule has 0 radical (unpaired) electrons. The Morgan fingerprint density at radius 1 is 1.05 bits per heavy atom. The number of nitrogens with zero attached hydrogens (tertiary/aromatic N) is 7. The Bertz CT molecular complexity index is 639. The molecule has 1 aliphatic heterocycles. The molecule has 0 saturated heterocycles. The van der Waals surface area contributed by atoms with Gasteiger partial charge in [0.05, 0.1) is 24.5 Å². The van der Waals surface area contributed by atoms with E-state index in [2.05, 4.69) is 20.5 Å². The Kier molecular flexibility index (Phi) is 2.90. The Labute approximate surface area is 108 Å². The molecule has 1 N–H and O–H groups in total. The van der Waals surface area contributed by atoms with Crippen molar-refractivity contribution >= 4 is 0 Å². The highest BCUT2D eigenvalue weighted by molar-refractivity contribution is 5.47. The molecule has 0 saturated carbocycles. The van der Waals surface area contributed by atoms with Crippen LogP contribution in [0.1, 0.15) is 24.5 Å². The number of hydroxylamine groups is 2. The molecule has 12 heteroatoms. The number of fused-ring (bicyclic) bond motifs is 1. The zero-order chi connectivity index (χ0) is 14.4. The first-order valence-corrected chi connectivity index (χ1v) is 5.37. The molecule has 108 valence electrons. The second-order valence-corrected chi connectivity index (χ2v) is 4.02. The maximum absolute atomic E-state index is 13.1. The third-order valence-corrected chi connectivity index (χ3v) is 2.83. The number of hydrogen-bond donors (Lipinski definition) is 1. The molecule has 0 aliphatic carbocycles. The van der Waals surface area contributed by atoms with Gasteiger partial charge in [0, 0.05) is 0 Å². The fraction of sp³-hybridized carbons (Fsp3) is 0.500. The molecule has 2 aromatic rings. The van der Waals surface area contributed by atoms with E-state index in [4.69, 9.17) is 0 Å². The first-order chi connectivity index (χ1) is 9.49. The summed E-state index contributed by atoms with van der Waals surface area (Å²) in [6, 6.07) is 0. The molecule has 0 aromatic carbocycles. The van der Waals surface area contributed by atoms with Crippen LogP contribution in [-0.2, 0) is 13.1 Å². The lowest BCUT2D eigenvalue weighted by atomic mass is 10.4. The summed E-state index contributed by atoms with van der Waals surface area (Å²) in [5.41, 5.74) is 0.216. The largest absolute Gasteiger partial charge is 0.336 e. The number of rotatable bonds is 3. The Balaban J connectivity index is 2.15. The first kappa shape index (κ1) is 12.9. The van der Waals surface area contributed by atoms with Crippen LogP contribution in [0, 0.1) is 0 Å². The zero-order valence-corrected chi connectivity index (χ0v) is 9.66. The van der Waals surface area contributed by atoms with Crippen molar-refractivity contribution < 1.29 is 22.8 Å². The molecule has 0 unspecified atom stereocenters. The van der Waals surface area contributed by atoms with E-state index < -0.39 is 24.7 Å². The zero-order valence-electron chi connectivity index (χ0n) is 9.66. The molecule has 0 amide bonds. The van der Waals surface area contributed by atoms with E-state index in [1.54, 1.807) is 0 Å². The molecule has 20 heavy (non-hydrogen) atoms. The van der Waals surface area contributed by atoms with Crippen LogP contribution in [0.2, 0.25) is 0 Å². The summed E-state index contributed by atoms with van der Waals surface area (Å²) in [7, 11) is 0. The van der Waals surface area contributed by atoms with E-state index in [-0.39, 0.29) is 29.2 Å². The van der Waals surface area contributed by atoms with Gasteiger partial charge in [0.2, 0.25) is 5.82 Å². The van der Waals surface area contributed by atoms with E-state index in [0.717, 1.165) is 5.06 Å². The van der Waals surface area contributed by atoms with Crippen molar-refractivity contribution in [3.8, 4) is 11.6 Å². The molecule has 1 aliphatic rings. The maximum Gasteiger partial charge on any atom is 0.336 e. The third-order valence-electron chi connectivity index (χ3n) is 2.83. The Hall–Kier alpha value is -2.08. The van der Waals surface area contributed by atoms with Crippen LogP contribution in [0.5, 0.6) is 0 Å². The van der Waals surface area contributed by atoms with E-state index in [1.165, 1.54) is 0 Å². The van der Waals surface area contributed by atoms with E-state index >= 15 is 0 Å². The van der Waals surface area contributed by atoms with Gasteiger partial charge in [-0.3, -0.25) is 4.57 Å². The number of hydrogen-bond acceptors (Lipinski definition) is 6. The summed E-state index contributed by atoms with van der Waals surface area (Å²) in [5, 5.41) is 19.5. The minimum Gasteiger partial charge on any atom is -0.313 e. The van der Waals surface area contributed by atoms with Crippen molar-refractivity contribution in [3.05, 3.63) is 11.4 Å². The molecule has 8 nitrogen and oxygen atoms in total.